The van der Waals surface area contributed by atoms with Crippen molar-refractivity contribution >= 4 is 19.2 Å². The van der Waals surface area contributed by atoms with Crippen LogP contribution in [0.4, 0.5) is 5.69 Å². The van der Waals surface area contributed by atoms with Gasteiger partial charge in [-0.15, -0.1) is 0 Å². The summed E-state index contributed by atoms with van der Waals surface area (Å²) in [4.78, 5) is 22.9. The molecule has 0 N–H and O–H groups in total. The van der Waals surface area contributed by atoms with Crippen molar-refractivity contribution in [3.63, 3.8) is 0 Å². The molecule has 0 radical (unpaired) electrons. The number of non-ortho nitro benzene ring substituents is 1. The van der Waals surface area contributed by atoms with Gasteiger partial charge in [-0.2, -0.15) is 0 Å². The van der Waals surface area contributed by atoms with Gasteiger partial charge in [-0.3, -0.25) is 19.5 Å². The van der Waals surface area contributed by atoms with Crippen molar-refractivity contribution < 1.29 is 23.5 Å². The molecule has 1 aromatic carbocycles. The lowest BCUT2D eigenvalue weighted by atomic mass is 10.1. The van der Waals surface area contributed by atoms with Crippen LogP contribution in [0.2, 0.25) is 0 Å². The van der Waals surface area contributed by atoms with Gasteiger partial charge in [0.25, 0.3) is 5.69 Å². The van der Waals surface area contributed by atoms with E-state index in [0.717, 1.165) is 25.7 Å². The first-order chi connectivity index (χ1) is 15.9. The lowest BCUT2D eigenvalue weighted by molar-refractivity contribution is -0.384. The number of ether oxygens (including phenoxy) is 1. The van der Waals surface area contributed by atoms with Crippen LogP contribution < -0.4 is 4.52 Å². The molecule has 0 bridgehead atoms. The minimum atomic E-state index is -3.37. The van der Waals surface area contributed by atoms with Gasteiger partial charge in [0.2, 0.25) is 0 Å². The lowest BCUT2D eigenvalue weighted by Gasteiger charge is -2.31. The molecule has 1 aromatic rings. The molecule has 0 spiro atoms. The van der Waals surface area contributed by atoms with E-state index in [9.17, 15) is 19.5 Å². The van der Waals surface area contributed by atoms with Crippen molar-refractivity contribution in [2.45, 2.75) is 90.5 Å². The maximum Gasteiger partial charge on any atom is 0.323 e. The zero-order valence-electron chi connectivity index (χ0n) is 20.1. The summed E-state index contributed by atoms with van der Waals surface area (Å²) in [6.45, 7) is 4.75. The van der Waals surface area contributed by atoms with Crippen LogP contribution in [0.25, 0.3) is 0 Å². The molecule has 1 heterocycles. The van der Waals surface area contributed by atoms with Gasteiger partial charge in [0.15, 0.2) is 0 Å². The van der Waals surface area contributed by atoms with Gasteiger partial charge in [-0.25, -0.2) is 4.67 Å². The summed E-state index contributed by atoms with van der Waals surface area (Å²) >= 11 is 0. The molecule has 0 aromatic heterocycles. The van der Waals surface area contributed by atoms with Crippen molar-refractivity contribution in [2.75, 3.05) is 19.3 Å². The van der Waals surface area contributed by atoms with Crippen LogP contribution in [-0.2, 0) is 14.1 Å². The van der Waals surface area contributed by atoms with Crippen molar-refractivity contribution in [3.05, 3.63) is 34.4 Å². The van der Waals surface area contributed by atoms with Crippen molar-refractivity contribution in [1.29, 1.82) is 0 Å². The molecule has 2 rings (SSSR count). The molecule has 0 saturated carbocycles. The van der Waals surface area contributed by atoms with E-state index < -0.39 is 18.5 Å². The van der Waals surface area contributed by atoms with Gasteiger partial charge < -0.3 is 9.26 Å². The number of nitro groups is 1. The second-order valence-corrected chi connectivity index (χ2v) is 11.0. The maximum atomic E-state index is 14.1. The number of hydrogen-bond acceptors (Lipinski definition) is 6. The van der Waals surface area contributed by atoms with Crippen LogP contribution in [-0.4, -0.2) is 40.9 Å². The lowest BCUT2D eigenvalue weighted by Crippen LogP contribution is -2.37. The maximum absolute atomic E-state index is 14.1. The molecule has 2 atom stereocenters. The number of rotatable bonds is 16. The van der Waals surface area contributed by atoms with Gasteiger partial charge in [0.1, 0.15) is 11.8 Å². The Morgan fingerprint density at radius 1 is 1.06 bits per heavy atom. The molecular weight excluding hydrogens is 443 g/mol. The van der Waals surface area contributed by atoms with Crippen LogP contribution in [0.1, 0.15) is 84.5 Å². The summed E-state index contributed by atoms with van der Waals surface area (Å²) in [5.74, 6) is -0.0519. The number of benzene rings is 1. The highest BCUT2D eigenvalue weighted by molar-refractivity contribution is 7.57. The predicted molar refractivity (Wildman–Crippen MR) is 130 cm³/mol. The zero-order valence-corrected chi connectivity index (χ0v) is 21.0. The Morgan fingerprint density at radius 3 is 2.24 bits per heavy atom. The predicted octanol–water partition coefficient (Wildman–Crippen LogP) is 6.73. The average molecular weight is 483 g/mol. The Bertz CT molecular complexity index is 786. The van der Waals surface area contributed by atoms with Crippen LogP contribution >= 0.6 is 7.52 Å². The quantitative estimate of drug-likeness (QED) is 0.0847. The normalized spacial score (nSPS) is 18.1. The molecule has 0 unspecified atom stereocenters. The van der Waals surface area contributed by atoms with Crippen molar-refractivity contribution in [3.8, 4) is 5.75 Å². The van der Waals surface area contributed by atoms with Gasteiger partial charge in [0, 0.05) is 24.8 Å². The Labute approximate surface area is 197 Å². The highest BCUT2D eigenvalue weighted by atomic mass is 31.2. The molecule has 1 saturated heterocycles. The molecule has 8 nitrogen and oxygen atoms in total. The van der Waals surface area contributed by atoms with Crippen molar-refractivity contribution in [2.24, 2.45) is 0 Å². The molecule has 33 heavy (non-hydrogen) atoms. The third kappa shape index (κ3) is 8.74. The molecule has 0 amide bonds. The summed E-state index contributed by atoms with van der Waals surface area (Å²) in [6, 6.07) is 5.04. The van der Waals surface area contributed by atoms with Gasteiger partial charge in [-0.1, -0.05) is 58.3 Å². The van der Waals surface area contributed by atoms with Crippen LogP contribution in [0.5, 0.6) is 5.75 Å². The van der Waals surface area contributed by atoms with Crippen LogP contribution in [0.3, 0.4) is 0 Å². The second-order valence-electron chi connectivity index (χ2n) is 8.60. The average Bonchev–Trinajstić information content (AvgIpc) is 3.30. The van der Waals surface area contributed by atoms with E-state index in [-0.39, 0.29) is 18.3 Å². The smallest absolute Gasteiger partial charge is 0.323 e. The van der Waals surface area contributed by atoms with Crippen molar-refractivity contribution in [1.82, 2.24) is 4.67 Å². The van der Waals surface area contributed by atoms with E-state index in [2.05, 4.69) is 6.92 Å². The Kier molecular flexibility index (Phi) is 11.9. The minimum absolute atomic E-state index is 0.0540. The fourth-order valence-corrected chi connectivity index (χ4v) is 6.84. The topological polar surface area (TPSA) is 99.0 Å². The first-order valence-corrected chi connectivity index (χ1v) is 14.1. The number of nitrogens with zero attached hydrogens (tertiary/aromatic N) is 2. The first kappa shape index (κ1) is 27.3. The monoisotopic (exact) mass is 482 g/mol. The largest absolute Gasteiger partial charge is 0.465 e. The van der Waals surface area contributed by atoms with E-state index >= 15 is 0 Å². The van der Waals surface area contributed by atoms with E-state index in [4.69, 9.17) is 9.26 Å². The Morgan fingerprint density at radius 2 is 1.67 bits per heavy atom. The highest BCUT2D eigenvalue weighted by Crippen LogP contribution is 2.55. The molecular formula is C24H39N2O6P. The summed E-state index contributed by atoms with van der Waals surface area (Å²) in [5, 5.41) is 10.9. The van der Waals surface area contributed by atoms with Gasteiger partial charge >= 0.3 is 13.5 Å². The highest BCUT2D eigenvalue weighted by Gasteiger charge is 2.44. The SMILES string of the molecule is CCCCCCCCCCC[P@@](=O)(Oc1ccc([N+](=O)[O-])cc1)N1CCC[C@H]1C(=O)OCC. The molecule has 0 aliphatic carbocycles. The molecule has 9 heteroatoms. The Balaban J connectivity index is 2.02. The number of esters is 1. The van der Waals surface area contributed by atoms with Crippen LogP contribution in [0.15, 0.2) is 24.3 Å². The molecule has 1 aliphatic rings. The van der Waals surface area contributed by atoms with E-state index in [0.29, 0.717) is 24.9 Å². The minimum Gasteiger partial charge on any atom is -0.465 e. The van der Waals surface area contributed by atoms with Crippen LogP contribution in [0, 0.1) is 10.1 Å². The number of unbranched alkanes of at least 4 members (excludes halogenated alkanes) is 8. The number of carbonyl (C=O) groups is 1. The van der Waals surface area contributed by atoms with E-state index in [1.807, 2.05) is 0 Å². The first-order valence-electron chi connectivity index (χ1n) is 12.4. The number of carbonyl (C=O) groups excluding carboxylic acids is 1. The summed E-state index contributed by atoms with van der Waals surface area (Å²) in [6.07, 6.45) is 12.0. The molecule has 1 fully saturated rings. The molecule has 1 aliphatic heterocycles. The summed E-state index contributed by atoms with van der Waals surface area (Å²) in [5.41, 5.74) is -0.0540. The molecule has 186 valence electrons. The number of nitro benzene ring substituents is 1. The summed E-state index contributed by atoms with van der Waals surface area (Å²) in [7, 11) is -3.37. The Hall–Kier alpha value is -1.92. The fraction of sp³-hybridized carbons (Fsp3) is 0.708. The number of hydrogen-bond donors (Lipinski definition) is 0. The third-order valence-electron chi connectivity index (χ3n) is 6.01. The summed E-state index contributed by atoms with van der Waals surface area (Å²) < 4.78 is 27.0. The third-order valence-corrected chi connectivity index (χ3v) is 8.65. The fourth-order valence-electron chi connectivity index (χ4n) is 4.24. The van der Waals surface area contributed by atoms with Gasteiger partial charge in [-0.05, 0) is 38.3 Å². The standard InChI is InChI=1S/C24H39N2O6P/c1-3-5-6-7-8-9-10-11-12-20-33(30,25-19-13-14-23(25)24(27)31-4-2)32-22-17-15-21(16-18-22)26(28)29/h15-18,23H,3-14,19-20H2,1-2H3/t23-,33+/m0/s1. The van der Waals surface area contributed by atoms with Gasteiger partial charge in [0.05, 0.1) is 11.5 Å². The zero-order chi connectivity index (χ0) is 24.1. The second kappa shape index (κ2) is 14.4. The van der Waals surface area contributed by atoms with E-state index in [1.54, 1.807) is 11.6 Å². The van der Waals surface area contributed by atoms with E-state index in [1.165, 1.54) is 62.8 Å².